The molecule has 0 N–H and O–H groups in total. The van der Waals surface area contributed by atoms with Crippen molar-refractivity contribution < 1.29 is 9.59 Å². The fraction of sp³-hybridized carbons (Fsp3) is 0.375. The normalized spacial score (nSPS) is 28.2. The smallest absolute Gasteiger partial charge is 0.179 e. The van der Waals surface area contributed by atoms with Crippen LogP contribution in [0.1, 0.15) is 41.7 Å². The first-order valence-electron chi connectivity index (χ1n) is 6.82. The zero-order valence-electron chi connectivity index (χ0n) is 11.4. The first-order chi connectivity index (χ1) is 9.46. The van der Waals surface area contributed by atoms with Gasteiger partial charge in [-0.15, -0.1) is 0 Å². The Morgan fingerprint density at radius 3 is 2.85 bits per heavy atom. The van der Waals surface area contributed by atoms with Gasteiger partial charge in [-0.2, -0.15) is 0 Å². The highest BCUT2D eigenvalue weighted by Gasteiger charge is 2.59. The molecule has 1 aromatic heterocycles. The third kappa shape index (κ3) is 1.17. The van der Waals surface area contributed by atoms with Crippen molar-refractivity contribution in [1.29, 1.82) is 0 Å². The van der Waals surface area contributed by atoms with E-state index in [-0.39, 0.29) is 17.5 Å². The van der Waals surface area contributed by atoms with Crippen LogP contribution in [0.15, 0.2) is 22.7 Å². The number of hydrogen-bond donors (Lipinski definition) is 0. The van der Waals surface area contributed by atoms with Crippen molar-refractivity contribution in [3.63, 3.8) is 0 Å². The van der Waals surface area contributed by atoms with Crippen LogP contribution in [0.5, 0.6) is 0 Å². The summed E-state index contributed by atoms with van der Waals surface area (Å²) in [5.74, 6) is 0.171. The number of benzene rings is 1. The first-order valence-corrected chi connectivity index (χ1v) is 7.61. The lowest BCUT2D eigenvalue weighted by molar-refractivity contribution is -0.123. The summed E-state index contributed by atoms with van der Waals surface area (Å²) >= 11 is 3.47. The molecule has 102 valence electrons. The summed E-state index contributed by atoms with van der Waals surface area (Å²) in [6.45, 7) is 1.83. The van der Waals surface area contributed by atoms with Crippen LogP contribution < -0.4 is 0 Å². The Morgan fingerprint density at radius 2 is 2.10 bits per heavy atom. The number of carbonyl (C=O) groups excluding carboxylic acids is 2. The van der Waals surface area contributed by atoms with Crippen molar-refractivity contribution in [1.82, 2.24) is 4.57 Å². The average molecular weight is 332 g/mol. The summed E-state index contributed by atoms with van der Waals surface area (Å²) < 4.78 is 3.06. The SMILES string of the molecule is Cn1c2c(c3cc(Br)ccc31)C(=O)[C@]1(C)C(=O)CC[C@H]21. The average Bonchev–Trinajstić information content (AvgIpc) is 2.94. The van der Waals surface area contributed by atoms with Crippen LogP contribution in [0.4, 0.5) is 0 Å². The van der Waals surface area contributed by atoms with E-state index in [1.165, 1.54) is 0 Å². The fourth-order valence-electron chi connectivity index (χ4n) is 4.06. The molecule has 4 heteroatoms. The minimum Gasteiger partial charge on any atom is -0.347 e. The van der Waals surface area contributed by atoms with Crippen LogP contribution >= 0.6 is 15.9 Å². The van der Waals surface area contributed by atoms with Gasteiger partial charge < -0.3 is 4.57 Å². The molecular weight excluding hydrogens is 318 g/mol. The van der Waals surface area contributed by atoms with Gasteiger partial charge >= 0.3 is 0 Å². The molecule has 0 amide bonds. The van der Waals surface area contributed by atoms with Gasteiger partial charge in [0.2, 0.25) is 0 Å². The molecule has 1 aromatic carbocycles. The summed E-state index contributed by atoms with van der Waals surface area (Å²) in [4.78, 5) is 25.1. The van der Waals surface area contributed by atoms with E-state index in [4.69, 9.17) is 0 Å². The third-order valence-corrected chi connectivity index (χ3v) is 5.67. The molecule has 20 heavy (non-hydrogen) atoms. The van der Waals surface area contributed by atoms with Crippen molar-refractivity contribution in [2.75, 3.05) is 0 Å². The van der Waals surface area contributed by atoms with E-state index >= 15 is 0 Å². The van der Waals surface area contributed by atoms with Gasteiger partial charge in [0.1, 0.15) is 5.78 Å². The number of rotatable bonds is 0. The highest BCUT2D eigenvalue weighted by molar-refractivity contribution is 9.10. The highest BCUT2D eigenvalue weighted by atomic mass is 79.9. The molecule has 1 fully saturated rings. The molecule has 0 radical (unpaired) electrons. The molecule has 0 unspecified atom stereocenters. The quantitative estimate of drug-likeness (QED) is 0.692. The molecule has 2 aliphatic rings. The zero-order chi connectivity index (χ0) is 14.2. The lowest BCUT2D eigenvalue weighted by Gasteiger charge is -2.21. The Balaban J connectivity index is 2.12. The maximum Gasteiger partial charge on any atom is 0.179 e. The van der Waals surface area contributed by atoms with Crippen LogP contribution in [0, 0.1) is 5.41 Å². The topological polar surface area (TPSA) is 39.1 Å². The van der Waals surface area contributed by atoms with Gasteiger partial charge in [-0.1, -0.05) is 15.9 Å². The molecule has 0 saturated heterocycles. The standard InChI is InChI=1S/C16H14BrNO2/c1-16-10(4-6-12(16)19)14-13(15(16)20)9-7-8(17)3-5-11(9)18(14)2/h3,5,7,10H,4,6H2,1-2H3/t10-,16+/m1/s1. The predicted octanol–water partition coefficient (Wildman–Crippen LogP) is 3.59. The van der Waals surface area contributed by atoms with Crippen molar-refractivity contribution in [3.05, 3.63) is 33.9 Å². The highest BCUT2D eigenvalue weighted by Crippen LogP contribution is 2.56. The number of Topliss-reactive ketones (excluding diaryl/α,β-unsaturated/α-hetero) is 2. The first kappa shape index (κ1) is 12.3. The monoisotopic (exact) mass is 331 g/mol. The Kier molecular flexibility index (Phi) is 2.23. The van der Waals surface area contributed by atoms with E-state index in [1.807, 2.05) is 32.2 Å². The van der Waals surface area contributed by atoms with Crippen molar-refractivity contribution in [2.24, 2.45) is 12.5 Å². The molecule has 0 aliphatic heterocycles. The molecule has 3 nitrogen and oxygen atoms in total. The van der Waals surface area contributed by atoms with E-state index in [9.17, 15) is 9.59 Å². The van der Waals surface area contributed by atoms with Gasteiger partial charge in [-0.05, 0) is 31.5 Å². The summed E-state index contributed by atoms with van der Waals surface area (Å²) in [5, 5.41) is 0.963. The maximum atomic E-state index is 12.9. The summed E-state index contributed by atoms with van der Waals surface area (Å²) in [6.07, 6.45) is 1.32. The molecular formula is C16H14BrNO2. The van der Waals surface area contributed by atoms with E-state index in [0.29, 0.717) is 6.42 Å². The van der Waals surface area contributed by atoms with Gasteiger partial charge in [-0.3, -0.25) is 9.59 Å². The van der Waals surface area contributed by atoms with Gasteiger partial charge in [0.15, 0.2) is 5.78 Å². The fourth-order valence-corrected chi connectivity index (χ4v) is 4.42. The van der Waals surface area contributed by atoms with Crippen LogP contribution in [0.25, 0.3) is 10.9 Å². The predicted molar refractivity (Wildman–Crippen MR) is 80.0 cm³/mol. The second-order valence-electron chi connectivity index (χ2n) is 6.03. The number of nitrogens with zero attached hydrogens (tertiary/aromatic N) is 1. The minimum absolute atomic E-state index is 0.0173. The molecule has 2 atom stereocenters. The lowest BCUT2D eigenvalue weighted by atomic mass is 9.79. The van der Waals surface area contributed by atoms with Crippen molar-refractivity contribution >= 4 is 38.4 Å². The van der Waals surface area contributed by atoms with Gasteiger partial charge in [-0.25, -0.2) is 0 Å². The summed E-state index contributed by atoms with van der Waals surface area (Å²) in [6, 6.07) is 6.00. The number of fused-ring (bicyclic) bond motifs is 5. The van der Waals surface area contributed by atoms with Gasteiger partial charge in [0.25, 0.3) is 0 Å². The molecule has 1 heterocycles. The van der Waals surface area contributed by atoms with E-state index in [1.54, 1.807) is 0 Å². The molecule has 0 spiro atoms. The number of ketones is 2. The molecule has 2 aromatic rings. The number of aryl methyl sites for hydroxylation is 1. The largest absolute Gasteiger partial charge is 0.347 e. The summed E-state index contributed by atoms with van der Waals surface area (Å²) in [7, 11) is 2.00. The van der Waals surface area contributed by atoms with E-state index in [2.05, 4.69) is 20.5 Å². The Hall–Kier alpha value is -1.42. The Morgan fingerprint density at radius 1 is 1.35 bits per heavy atom. The third-order valence-electron chi connectivity index (χ3n) is 5.17. The lowest BCUT2D eigenvalue weighted by Crippen LogP contribution is -2.31. The number of aromatic nitrogens is 1. The maximum absolute atomic E-state index is 12.9. The van der Waals surface area contributed by atoms with Crippen molar-refractivity contribution in [2.45, 2.75) is 25.7 Å². The number of carbonyl (C=O) groups is 2. The van der Waals surface area contributed by atoms with Crippen molar-refractivity contribution in [3.8, 4) is 0 Å². The van der Waals surface area contributed by atoms with Crippen LogP contribution in [0.3, 0.4) is 0 Å². The van der Waals surface area contributed by atoms with Gasteiger partial charge in [0.05, 0.1) is 5.41 Å². The second-order valence-corrected chi connectivity index (χ2v) is 6.94. The van der Waals surface area contributed by atoms with E-state index in [0.717, 1.165) is 33.1 Å². The molecule has 2 aliphatic carbocycles. The molecule has 1 saturated carbocycles. The number of halogens is 1. The zero-order valence-corrected chi connectivity index (χ0v) is 13.0. The summed E-state index contributed by atoms with van der Waals surface area (Å²) in [5.41, 5.74) is 2.06. The van der Waals surface area contributed by atoms with E-state index < -0.39 is 5.41 Å². The molecule has 4 rings (SSSR count). The second kappa shape index (κ2) is 3.61. The van der Waals surface area contributed by atoms with Gasteiger partial charge in [0, 0.05) is 46.0 Å². The minimum atomic E-state index is -0.821. The Labute approximate surface area is 125 Å². The Bertz CT molecular complexity index is 804. The van der Waals surface area contributed by atoms with Crippen LogP contribution in [-0.4, -0.2) is 16.1 Å². The molecule has 0 bridgehead atoms. The number of hydrogen-bond acceptors (Lipinski definition) is 2. The van der Waals surface area contributed by atoms with Crippen LogP contribution in [-0.2, 0) is 11.8 Å². The van der Waals surface area contributed by atoms with Crippen LogP contribution in [0.2, 0.25) is 0 Å².